The van der Waals surface area contributed by atoms with E-state index in [0.717, 1.165) is 0 Å². The molecule has 0 amide bonds. The second kappa shape index (κ2) is 12.2. The molecule has 0 aromatic rings. The number of alkyl halides is 1. The molecule has 64 valence electrons. The summed E-state index contributed by atoms with van der Waals surface area (Å²) in [5.74, 6) is 0.577. The second-order valence-electron chi connectivity index (χ2n) is 1.70. The van der Waals surface area contributed by atoms with Gasteiger partial charge in [0.2, 0.25) is 0 Å². The molecule has 0 N–H and O–H groups in total. The summed E-state index contributed by atoms with van der Waals surface area (Å²) >= 11 is 5.44. The van der Waals surface area contributed by atoms with E-state index in [0.29, 0.717) is 5.88 Å². The van der Waals surface area contributed by atoms with E-state index in [-0.39, 0.29) is 0 Å². The van der Waals surface area contributed by atoms with Crippen molar-refractivity contribution in [3.05, 3.63) is 36.5 Å². The highest BCUT2D eigenvalue weighted by atomic mass is 35.5. The van der Waals surface area contributed by atoms with Crippen LogP contribution in [-0.2, 0) is 0 Å². The lowest BCUT2D eigenvalue weighted by Crippen LogP contribution is -1.67. The summed E-state index contributed by atoms with van der Waals surface area (Å²) in [5, 5.41) is 0. The summed E-state index contributed by atoms with van der Waals surface area (Å²) in [7, 11) is 0. The maximum absolute atomic E-state index is 5.44. The van der Waals surface area contributed by atoms with Crippen molar-refractivity contribution in [3.63, 3.8) is 0 Å². The van der Waals surface area contributed by atoms with E-state index in [9.17, 15) is 0 Å². The van der Waals surface area contributed by atoms with Crippen LogP contribution in [0.2, 0.25) is 0 Å². The van der Waals surface area contributed by atoms with E-state index in [2.05, 4.69) is 6.58 Å². The fraction of sp³-hybridized carbons (Fsp3) is 0.400. The van der Waals surface area contributed by atoms with Crippen LogP contribution in [0.15, 0.2) is 36.5 Å². The van der Waals surface area contributed by atoms with E-state index < -0.39 is 0 Å². The predicted molar refractivity (Wildman–Crippen MR) is 55.2 cm³/mol. The Kier molecular flexibility index (Phi) is 14.6. The molecule has 0 aliphatic heterocycles. The van der Waals surface area contributed by atoms with Crippen molar-refractivity contribution < 1.29 is 0 Å². The Morgan fingerprint density at radius 1 is 1.45 bits per heavy atom. The van der Waals surface area contributed by atoms with Gasteiger partial charge in [0.25, 0.3) is 0 Å². The van der Waals surface area contributed by atoms with Crippen LogP contribution < -0.4 is 0 Å². The van der Waals surface area contributed by atoms with Gasteiger partial charge in [0.1, 0.15) is 0 Å². The van der Waals surface area contributed by atoms with Gasteiger partial charge in [-0.2, -0.15) is 0 Å². The Morgan fingerprint density at radius 2 is 2.00 bits per heavy atom. The van der Waals surface area contributed by atoms with Crippen molar-refractivity contribution in [1.29, 1.82) is 0 Å². The zero-order valence-corrected chi connectivity index (χ0v) is 8.36. The van der Waals surface area contributed by atoms with Crippen LogP contribution in [0.5, 0.6) is 0 Å². The van der Waals surface area contributed by atoms with Gasteiger partial charge in [0.05, 0.1) is 0 Å². The summed E-state index contributed by atoms with van der Waals surface area (Å²) < 4.78 is 0. The predicted octanol–water partition coefficient (Wildman–Crippen LogP) is 3.94. The second-order valence-corrected chi connectivity index (χ2v) is 2.01. The molecule has 0 saturated heterocycles. The molecule has 0 fully saturated rings. The quantitative estimate of drug-likeness (QED) is 0.447. The first-order valence-electron chi connectivity index (χ1n) is 3.83. The molecule has 0 spiro atoms. The largest absolute Gasteiger partial charge is 0.122 e. The number of hydrogen-bond acceptors (Lipinski definition) is 0. The molecule has 0 unspecified atom stereocenters. The third-order valence-electron chi connectivity index (χ3n) is 0.894. The molecule has 0 heterocycles. The summed E-state index contributed by atoms with van der Waals surface area (Å²) in [5.41, 5.74) is 1.17. The maximum Gasteiger partial charge on any atom is 0.0409 e. The van der Waals surface area contributed by atoms with Crippen LogP contribution in [0.1, 0.15) is 20.8 Å². The smallest absolute Gasteiger partial charge is 0.0409 e. The molecule has 0 bridgehead atoms. The number of halogens is 1. The highest BCUT2D eigenvalue weighted by molar-refractivity contribution is 6.18. The average molecular weight is 173 g/mol. The van der Waals surface area contributed by atoms with Crippen LogP contribution in [-0.4, -0.2) is 5.88 Å². The van der Waals surface area contributed by atoms with Crippen LogP contribution in [0, 0.1) is 0 Å². The van der Waals surface area contributed by atoms with Crippen molar-refractivity contribution in [2.24, 2.45) is 0 Å². The average Bonchev–Trinajstić information content (AvgIpc) is 2.05. The van der Waals surface area contributed by atoms with Gasteiger partial charge in [-0.25, -0.2) is 0 Å². The Balaban J connectivity index is 0. The molecular formula is C10H17Cl. The van der Waals surface area contributed by atoms with Crippen LogP contribution in [0.4, 0.5) is 0 Å². The van der Waals surface area contributed by atoms with Gasteiger partial charge in [-0.15, -0.1) is 11.6 Å². The monoisotopic (exact) mass is 172 g/mol. The van der Waals surface area contributed by atoms with Crippen LogP contribution in [0.25, 0.3) is 0 Å². The van der Waals surface area contributed by atoms with E-state index in [1.54, 1.807) is 6.08 Å². The molecule has 0 aliphatic carbocycles. The number of rotatable bonds is 3. The highest BCUT2D eigenvalue weighted by Crippen LogP contribution is 1.94. The summed E-state index contributed by atoms with van der Waals surface area (Å²) in [6.45, 7) is 9.55. The van der Waals surface area contributed by atoms with E-state index >= 15 is 0 Å². The molecule has 1 heteroatoms. The molecule has 11 heavy (non-hydrogen) atoms. The van der Waals surface area contributed by atoms with Crippen molar-refractivity contribution in [2.45, 2.75) is 20.8 Å². The molecule has 0 nitrogen and oxygen atoms in total. The summed E-state index contributed by atoms with van der Waals surface area (Å²) in [6, 6.07) is 0. The van der Waals surface area contributed by atoms with E-state index in [4.69, 9.17) is 11.6 Å². The topological polar surface area (TPSA) is 0 Å². The molecule has 0 aromatic carbocycles. The molecule has 0 atom stereocenters. The molecule has 0 rings (SSSR count). The van der Waals surface area contributed by atoms with Crippen LogP contribution in [0.3, 0.4) is 0 Å². The van der Waals surface area contributed by atoms with Crippen molar-refractivity contribution in [3.8, 4) is 0 Å². The van der Waals surface area contributed by atoms with Crippen LogP contribution >= 0.6 is 11.6 Å². The first-order valence-corrected chi connectivity index (χ1v) is 4.36. The minimum atomic E-state index is 0.577. The molecule has 0 aliphatic rings. The minimum absolute atomic E-state index is 0.577. The number of allylic oxidation sites excluding steroid dienone is 5. The fourth-order valence-electron chi connectivity index (χ4n) is 0.410. The normalized spacial score (nSPS) is 10.7. The zero-order valence-electron chi connectivity index (χ0n) is 7.60. The lowest BCUT2D eigenvalue weighted by molar-refractivity contribution is 1.48. The Hall–Kier alpha value is -0.490. The SMILES string of the molecule is C=C/C=C\C(C)=C/CCl.CC. The van der Waals surface area contributed by atoms with Crippen molar-refractivity contribution in [2.75, 3.05) is 5.88 Å². The molecular weight excluding hydrogens is 156 g/mol. The summed E-state index contributed by atoms with van der Waals surface area (Å²) in [6.07, 6.45) is 7.54. The Bertz CT molecular complexity index is 132. The molecule has 0 saturated carbocycles. The third kappa shape index (κ3) is 12.7. The highest BCUT2D eigenvalue weighted by Gasteiger charge is 1.75. The molecule has 0 radical (unpaired) electrons. The van der Waals surface area contributed by atoms with E-state index in [1.807, 2.05) is 39.0 Å². The van der Waals surface area contributed by atoms with Gasteiger partial charge in [-0.3, -0.25) is 0 Å². The molecule has 0 aromatic heterocycles. The third-order valence-corrected chi connectivity index (χ3v) is 1.05. The lowest BCUT2D eigenvalue weighted by Gasteiger charge is -1.85. The standard InChI is InChI=1S/C8H11Cl.C2H6/c1-3-4-5-8(2)6-7-9;1-2/h3-6H,1,7H2,2H3;1-2H3/b5-4-,8-6-;. The summed E-state index contributed by atoms with van der Waals surface area (Å²) in [4.78, 5) is 0. The lowest BCUT2D eigenvalue weighted by atomic mass is 10.3. The van der Waals surface area contributed by atoms with Crippen molar-refractivity contribution >= 4 is 11.6 Å². The fourth-order valence-corrected chi connectivity index (χ4v) is 0.653. The van der Waals surface area contributed by atoms with Crippen molar-refractivity contribution in [1.82, 2.24) is 0 Å². The first-order chi connectivity index (χ1) is 5.31. The van der Waals surface area contributed by atoms with Gasteiger partial charge in [0.15, 0.2) is 0 Å². The Morgan fingerprint density at radius 3 is 2.36 bits per heavy atom. The van der Waals surface area contributed by atoms with Gasteiger partial charge in [-0.05, 0) is 6.92 Å². The Labute approximate surface area is 75.3 Å². The van der Waals surface area contributed by atoms with Gasteiger partial charge < -0.3 is 0 Å². The van der Waals surface area contributed by atoms with Gasteiger partial charge >= 0.3 is 0 Å². The minimum Gasteiger partial charge on any atom is -0.122 e. The van der Waals surface area contributed by atoms with Gasteiger partial charge in [0, 0.05) is 5.88 Å². The van der Waals surface area contributed by atoms with E-state index in [1.165, 1.54) is 5.57 Å². The number of hydrogen-bond donors (Lipinski definition) is 0. The first kappa shape index (κ1) is 13.1. The zero-order chi connectivity index (χ0) is 9.11. The maximum atomic E-state index is 5.44. The van der Waals surface area contributed by atoms with Gasteiger partial charge in [-0.1, -0.05) is 50.3 Å².